The van der Waals surface area contributed by atoms with Gasteiger partial charge in [0, 0.05) is 6.04 Å². The van der Waals surface area contributed by atoms with Crippen molar-refractivity contribution in [2.24, 2.45) is 0 Å². The van der Waals surface area contributed by atoms with E-state index >= 15 is 0 Å². The molecular weight excluding hydrogens is 385 g/mol. The second kappa shape index (κ2) is 6.96. The summed E-state index contributed by atoms with van der Waals surface area (Å²) in [6.07, 6.45) is 2.42. The predicted octanol–water partition coefficient (Wildman–Crippen LogP) is 4.05. The van der Waals surface area contributed by atoms with Gasteiger partial charge in [0.05, 0.1) is 15.6 Å². The second-order valence-corrected chi connectivity index (χ2v) is 8.33. The zero-order chi connectivity index (χ0) is 18.2. The lowest BCUT2D eigenvalue weighted by molar-refractivity contribution is 0.0697. The summed E-state index contributed by atoms with van der Waals surface area (Å²) in [5, 5.41) is 8.93. The number of rotatable bonds is 4. The zero-order valence-corrected chi connectivity index (χ0v) is 15.3. The standard InChI is InChI=1S/C17H15Cl2NO4S/c18-13-9-14(19)16(8-12(13)17(21)22)25(23,24)20-15-7-3-5-10-4-1-2-6-11(10)15/h1-2,4,6,8-9,15,20H,3,5,7H2,(H,21,22)/t15-/m0/s1. The third kappa shape index (κ3) is 3.67. The topological polar surface area (TPSA) is 83.5 Å². The van der Waals surface area contributed by atoms with Gasteiger partial charge in [0.15, 0.2) is 0 Å². The number of halogens is 2. The number of fused-ring (bicyclic) bond motifs is 1. The van der Waals surface area contributed by atoms with E-state index in [0.717, 1.165) is 36.1 Å². The molecule has 0 radical (unpaired) electrons. The number of nitrogens with one attached hydrogen (secondary N) is 1. The molecule has 2 N–H and O–H groups in total. The van der Waals surface area contributed by atoms with Gasteiger partial charge in [-0.05, 0) is 42.5 Å². The lowest BCUT2D eigenvalue weighted by atomic mass is 9.88. The van der Waals surface area contributed by atoms with Crippen LogP contribution in [0.25, 0.3) is 0 Å². The largest absolute Gasteiger partial charge is 0.478 e. The Balaban J connectivity index is 1.99. The third-order valence-corrected chi connectivity index (χ3v) is 6.46. The van der Waals surface area contributed by atoms with Crippen LogP contribution in [0.3, 0.4) is 0 Å². The molecule has 25 heavy (non-hydrogen) atoms. The molecule has 1 aliphatic rings. The van der Waals surface area contributed by atoms with Gasteiger partial charge in [-0.2, -0.15) is 0 Å². The average Bonchev–Trinajstić information content (AvgIpc) is 2.54. The normalized spacial score (nSPS) is 17.1. The van der Waals surface area contributed by atoms with Crippen molar-refractivity contribution in [1.82, 2.24) is 4.72 Å². The van der Waals surface area contributed by atoms with Crippen LogP contribution in [0.15, 0.2) is 41.3 Å². The molecule has 0 aliphatic heterocycles. The summed E-state index contributed by atoms with van der Waals surface area (Å²) < 4.78 is 28.2. The highest BCUT2D eigenvalue weighted by atomic mass is 35.5. The van der Waals surface area contributed by atoms with E-state index in [0.29, 0.717) is 6.42 Å². The number of aromatic carboxylic acids is 1. The van der Waals surface area contributed by atoms with Crippen molar-refractivity contribution in [2.75, 3.05) is 0 Å². The summed E-state index contributed by atoms with van der Waals surface area (Å²) in [4.78, 5) is 10.9. The molecule has 0 saturated heterocycles. The van der Waals surface area contributed by atoms with Gasteiger partial charge in [0.2, 0.25) is 10.0 Å². The molecule has 0 spiro atoms. The number of aryl methyl sites for hydroxylation is 1. The molecule has 0 amide bonds. The Morgan fingerprint density at radius 3 is 2.60 bits per heavy atom. The Bertz CT molecular complexity index is 944. The van der Waals surface area contributed by atoms with E-state index in [1.807, 2.05) is 24.3 Å². The smallest absolute Gasteiger partial charge is 0.337 e. The Morgan fingerprint density at radius 1 is 1.16 bits per heavy atom. The molecule has 1 atom stereocenters. The highest BCUT2D eigenvalue weighted by molar-refractivity contribution is 7.89. The highest BCUT2D eigenvalue weighted by Crippen LogP contribution is 2.33. The average molecular weight is 400 g/mol. The molecule has 132 valence electrons. The first kappa shape index (κ1) is 18.2. The Labute approximate surface area is 155 Å². The van der Waals surface area contributed by atoms with E-state index in [1.165, 1.54) is 0 Å². The predicted molar refractivity (Wildman–Crippen MR) is 95.9 cm³/mol. The van der Waals surface area contributed by atoms with E-state index in [-0.39, 0.29) is 26.5 Å². The number of sulfonamides is 1. The van der Waals surface area contributed by atoms with Gasteiger partial charge < -0.3 is 5.11 Å². The van der Waals surface area contributed by atoms with Gasteiger partial charge in [0.1, 0.15) is 4.90 Å². The maximum atomic E-state index is 12.8. The Kier molecular flexibility index (Phi) is 5.06. The monoisotopic (exact) mass is 399 g/mol. The molecule has 0 heterocycles. The van der Waals surface area contributed by atoms with Crippen molar-refractivity contribution < 1.29 is 18.3 Å². The van der Waals surface area contributed by atoms with Gasteiger partial charge in [-0.1, -0.05) is 47.5 Å². The van der Waals surface area contributed by atoms with Gasteiger partial charge >= 0.3 is 5.97 Å². The summed E-state index contributed by atoms with van der Waals surface area (Å²) in [5.74, 6) is -1.32. The van der Waals surface area contributed by atoms with Crippen LogP contribution in [-0.2, 0) is 16.4 Å². The lowest BCUT2D eigenvalue weighted by Crippen LogP contribution is -2.31. The highest BCUT2D eigenvalue weighted by Gasteiger charge is 2.28. The van der Waals surface area contributed by atoms with Crippen LogP contribution in [0.2, 0.25) is 10.0 Å². The van der Waals surface area contributed by atoms with Crippen molar-refractivity contribution in [3.63, 3.8) is 0 Å². The van der Waals surface area contributed by atoms with Gasteiger partial charge in [-0.25, -0.2) is 17.9 Å². The number of carbonyl (C=O) groups is 1. The fourth-order valence-electron chi connectivity index (χ4n) is 3.03. The lowest BCUT2D eigenvalue weighted by Gasteiger charge is -2.26. The van der Waals surface area contributed by atoms with Crippen molar-refractivity contribution in [3.05, 3.63) is 63.1 Å². The third-order valence-electron chi connectivity index (χ3n) is 4.21. The zero-order valence-electron chi connectivity index (χ0n) is 13.0. The van der Waals surface area contributed by atoms with Crippen LogP contribution in [0.5, 0.6) is 0 Å². The van der Waals surface area contributed by atoms with E-state index in [4.69, 9.17) is 28.3 Å². The number of benzene rings is 2. The summed E-state index contributed by atoms with van der Waals surface area (Å²) in [5.41, 5.74) is 1.73. The van der Waals surface area contributed by atoms with E-state index in [1.54, 1.807) is 0 Å². The first-order valence-electron chi connectivity index (χ1n) is 7.62. The van der Waals surface area contributed by atoms with E-state index in [2.05, 4.69) is 4.72 Å². The molecule has 3 rings (SSSR count). The molecule has 1 aliphatic carbocycles. The molecule has 0 unspecified atom stereocenters. The molecule has 0 saturated carbocycles. The van der Waals surface area contributed by atoms with E-state index < -0.39 is 16.0 Å². The molecule has 5 nitrogen and oxygen atoms in total. The van der Waals surface area contributed by atoms with Crippen molar-refractivity contribution in [2.45, 2.75) is 30.2 Å². The number of carboxylic acids is 1. The number of carboxylic acid groups (broad SMARTS) is 1. The first-order valence-corrected chi connectivity index (χ1v) is 9.86. The molecule has 0 fully saturated rings. The van der Waals surface area contributed by atoms with Crippen LogP contribution in [0, 0.1) is 0 Å². The van der Waals surface area contributed by atoms with Crippen molar-refractivity contribution in [3.8, 4) is 0 Å². The number of hydrogen-bond acceptors (Lipinski definition) is 3. The number of hydrogen-bond donors (Lipinski definition) is 2. The van der Waals surface area contributed by atoms with Crippen LogP contribution < -0.4 is 4.72 Å². The van der Waals surface area contributed by atoms with Gasteiger partial charge in [0.25, 0.3) is 0 Å². The van der Waals surface area contributed by atoms with Crippen LogP contribution in [-0.4, -0.2) is 19.5 Å². The molecule has 8 heteroatoms. The quantitative estimate of drug-likeness (QED) is 0.811. The molecule has 2 aromatic carbocycles. The van der Waals surface area contributed by atoms with Crippen LogP contribution in [0.4, 0.5) is 0 Å². The van der Waals surface area contributed by atoms with Crippen molar-refractivity contribution in [1.29, 1.82) is 0 Å². The fourth-order valence-corrected chi connectivity index (χ4v) is 5.13. The summed E-state index contributed by atoms with van der Waals surface area (Å²) >= 11 is 11.8. The Morgan fingerprint density at radius 2 is 1.88 bits per heavy atom. The maximum absolute atomic E-state index is 12.8. The minimum absolute atomic E-state index is 0.112. The molecule has 2 aromatic rings. The van der Waals surface area contributed by atoms with E-state index in [9.17, 15) is 13.2 Å². The minimum atomic E-state index is -4.01. The molecular formula is C17H15Cl2NO4S. The maximum Gasteiger partial charge on any atom is 0.337 e. The summed E-state index contributed by atoms with van der Waals surface area (Å²) in [6, 6.07) is 9.41. The summed E-state index contributed by atoms with van der Waals surface area (Å²) in [7, 11) is -4.01. The van der Waals surface area contributed by atoms with Crippen LogP contribution >= 0.6 is 23.2 Å². The summed E-state index contributed by atoms with van der Waals surface area (Å²) in [6.45, 7) is 0. The molecule has 0 aromatic heterocycles. The van der Waals surface area contributed by atoms with Crippen LogP contribution in [0.1, 0.15) is 40.4 Å². The second-order valence-electron chi connectivity index (χ2n) is 5.83. The van der Waals surface area contributed by atoms with Crippen molar-refractivity contribution >= 4 is 39.2 Å². The Hall–Kier alpha value is -1.60. The SMILES string of the molecule is O=C(O)c1cc(S(=O)(=O)N[C@H]2CCCc3ccccc32)c(Cl)cc1Cl. The fraction of sp³-hybridized carbons (Fsp3) is 0.235. The van der Waals surface area contributed by atoms with Gasteiger partial charge in [-0.3, -0.25) is 0 Å². The molecule has 0 bridgehead atoms. The van der Waals surface area contributed by atoms with Gasteiger partial charge in [-0.15, -0.1) is 0 Å². The first-order chi connectivity index (χ1) is 11.8. The minimum Gasteiger partial charge on any atom is -0.478 e.